The third-order valence-corrected chi connectivity index (χ3v) is 7.82. The molecule has 2 heterocycles. The predicted octanol–water partition coefficient (Wildman–Crippen LogP) is 5.64. The van der Waals surface area contributed by atoms with Crippen molar-refractivity contribution < 1.29 is 14.3 Å². The number of hydrogen-bond donors (Lipinski definition) is 1. The molecule has 5 rings (SSSR count). The summed E-state index contributed by atoms with van der Waals surface area (Å²) in [4.78, 5) is 29.8. The third-order valence-electron chi connectivity index (χ3n) is 6.17. The van der Waals surface area contributed by atoms with Crippen LogP contribution in [0.1, 0.15) is 16.7 Å². The minimum atomic E-state index is -1.15. The number of nitrogens with zero attached hydrogens (tertiary/aromatic N) is 2. The summed E-state index contributed by atoms with van der Waals surface area (Å²) in [6, 6.07) is 20.4. The van der Waals surface area contributed by atoms with Gasteiger partial charge in [0.1, 0.15) is 5.75 Å². The number of aryl methyl sites for hydroxylation is 1. The van der Waals surface area contributed by atoms with Gasteiger partial charge in [0.2, 0.25) is 0 Å². The van der Waals surface area contributed by atoms with E-state index in [0.717, 1.165) is 22.4 Å². The van der Waals surface area contributed by atoms with Gasteiger partial charge in [-0.25, -0.2) is 4.79 Å². The molecule has 8 heteroatoms. The normalized spacial score (nSPS) is 19.0. The zero-order chi connectivity index (χ0) is 23.9. The van der Waals surface area contributed by atoms with Crippen molar-refractivity contribution in [2.24, 2.45) is 0 Å². The molecule has 3 aromatic carbocycles. The first kappa shape index (κ1) is 22.6. The molecule has 2 aliphatic heterocycles. The molecule has 1 saturated heterocycles. The minimum Gasteiger partial charge on any atom is -0.497 e. The van der Waals surface area contributed by atoms with Crippen LogP contribution in [0.25, 0.3) is 0 Å². The number of fused-ring (bicyclic) bond motifs is 2. The largest absolute Gasteiger partial charge is 0.497 e. The molecule has 34 heavy (non-hydrogen) atoms. The quantitative estimate of drug-likeness (QED) is 0.511. The summed E-state index contributed by atoms with van der Waals surface area (Å²) in [5.41, 5.74) is 4.33. The summed E-state index contributed by atoms with van der Waals surface area (Å²) >= 11 is 7.85. The SMILES string of the molecule is COc1ccc(NC(=O)N2CCS[C@@]23C(=O)N(Cc2cccc(C)c2)c2ccc(Cl)cc23)cc1. The van der Waals surface area contributed by atoms with Gasteiger partial charge >= 0.3 is 6.03 Å². The van der Waals surface area contributed by atoms with E-state index in [2.05, 4.69) is 11.4 Å². The highest BCUT2D eigenvalue weighted by molar-refractivity contribution is 8.01. The molecule has 1 fully saturated rings. The molecule has 6 nitrogen and oxygen atoms in total. The molecule has 0 aromatic heterocycles. The van der Waals surface area contributed by atoms with Crippen molar-refractivity contribution in [3.05, 3.63) is 88.4 Å². The Morgan fingerprint density at radius 3 is 2.68 bits per heavy atom. The number of amides is 3. The number of nitrogens with one attached hydrogen (secondary N) is 1. The zero-order valence-corrected chi connectivity index (χ0v) is 20.4. The first-order valence-electron chi connectivity index (χ1n) is 11.0. The zero-order valence-electron chi connectivity index (χ0n) is 18.9. The van der Waals surface area contributed by atoms with E-state index in [9.17, 15) is 9.59 Å². The maximum Gasteiger partial charge on any atom is 0.323 e. The van der Waals surface area contributed by atoms with Gasteiger partial charge in [-0.1, -0.05) is 41.4 Å². The first-order valence-corrected chi connectivity index (χ1v) is 12.3. The van der Waals surface area contributed by atoms with Crippen LogP contribution in [-0.4, -0.2) is 36.2 Å². The predicted molar refractivity (Wildman–Crippen MR) is 137 cm³/mol. The molecule has 3 amide bonds. The fourth-order valence-electron chi connectivity index (χ4n) is 4.60. The number of methoxy groups -OCH3 is 1. The Labute approximate surface area is 207 Å². The average molecular weight is 494 g/mol. The number of rotatable bonds is 4. The summed E-state index contributed by atoms with van der Waals surface area (Å²) in [5, 5.41) is 3.47. The number of ether oxygens (including phenoxy) is 1. The van der Waals surface area contributed by atoms with Crippen molar-refractivity contribution in [2.45, 2.75) is 18.3 Å². The lowest BCUT2D eigenvalue weighted by Gasteiger charge is -2.33. The summed E-state index contributed by atoms with van der Waals surface area (Å²) < 4.78 is 5.19. The lowest BCUT2D eigenvalue weighted by molar-refractivity contribution is -0.123. The maximum atomic E-state index is 14.1. The Balaban J connectivity index is 1.50. The van der Waals surface area contributed by atoms with Crippen LogP contribution in [0.2, 0.25) is 5.02 Å². The van der Waals surface area contributed by atoms with E-state index < -0.39 is 4.87 Å². The second kappa shape index (κ2) is 8.89. The Morgan fingerprint density at radius 1 is 1.15 bits per heavy atom. The van der Waals surface area contributed by atoms with E-state index >= 15 is 0 Å². The highest BCUT2D eigenvalue weighted by Gasteiger charge is 2.59. The highest BCUT2D eigenvalue weighted by atomic mass is 35.5. The van der Waals surface area contributed by atoms with Crippen LogP contribution in [0.5, 0.6) is 5.75 Å². The van der Waals surface area contributed by atoms with Crippen LogP contribution in [0.4, 0.5) is 16.2 Å². The minimum absolute atomic E-state index is 0.126. The Hall–Kier alpha value is -3.16. The number of hydrogen-bond acceptors (Lipinski definition) is 4. The van der Waals surface area contributed by atoms with Crippen LogP contribution in [0, 0.1) is 6.92 Å². The fraction of sp³-hybridized carbons (Fsp3) is 0.231. The molecular formula is C26H24ClN3O3S. The van der Waals surface area contributed by atoms with E-state index in [-0.39, 0.29) is 11.9 Å². The van der Waals surface area contributed by atoms with Gasteiger partial charge in [-0.15, -0.1) is 11.8 Å². The van der Waals surface area contributed by atoms with Gasteiger partial charge < -0.3 is 15.0 Å². The van der Waals surface area contributed by atoms with Crippen molar-refractivity contribution >= 4 is 46.7 Å². The molecule has 0 saturated carbocycles. The summed E-state index contributed by atoms with van der Waals surface area (Å²) in [5.74, 6) is 1.22. The van der Waals surface area contributed by atoms with Crippen LogP contribution < -0.4 is 15.0 Å². The summed E-state index contributed by atoms with van der Waals surface area (Å²) in [7, 11) is 1.59. The fourth-order valence-corrected chi connectivity index (χ4v) is 6.23. The van der Waals surface area contributed by atoms with Crippen molar-refractivity contribution in [3.8, 4) is 5.75 Å². The van der Waals surface area contributed by atoms with E-state index in [1.54, 1.807) is 47.2 Å². The van der Waals surface area contributed by atoms with Crippen molar-refractivity contribution in [1.82, 2.24) is 4.90 Å². The Morgan fingerprint density at radius 2 is 1.94 bits per heavy atom. The number of thioether (sulfide) groups is 1. The van der Waals surface area contributed by atoms with Gasteiger partial charge in [-0.3, -0.25) is 9.69 Å². The second-order valence-electron chi connectivity index (χ2n) is 8.34. The number of urea groups is 1. The molecule has 0 radical (unpaired) electrons. The first-order chi connectivity index (χ1) is 16.4. The standard InChI is InChI=1S/C26H24ClN3O3S/c1-17-4-3-5-18(14-17)16-29-23-11-6-19(27)15-22(23)26(24(29)31)30(12-13-34-26)25(32)28-20-7-9-21(33-2)10-8-20/h3-11,14-15H,12-13,16H2,1-2H3,(H,28,32)/t26-/m0/s1. The van der Waals surface area contributed by atoms with Crippen LogP contribution >= 0.6 is 23.4 Å². The summed E-state index contributed by atoms with van der Waals surface area (Å²) in [6.45, 7) is 2.90. The van der Waals surface area contributed by atoms with Gasteiger partial charge in [-0.05, 0) is 55.0 Å². The van der Waals surface area contributed by atoms with Crippen molar-refractivity contribution in [2.75, 3.05) is 29.6 Å². The van der Waals surface area contributed by atoms with Crippen LogP contribution in [0.3, 0.4) is 0 Å². The van der Waals surface area contributed by atoms with Gasteiger partial charge in [0.25, 0.3) is 5.91 Å². The maximum absolute atomic E-state index is 14.1. The van der Waals surface area contributed by atoms with E-state index in [4.69, 9.17) is 16.3 Å². The molecule has 1 N–H and O–H groups in total. The van der Waals surface area contributed by atoms with Gasteiger partial charge in [0.05, 0.1) is 19.3 Å². The molecule has 0 aliphatic carbocycles. The number of carbonyl (C=O) groups is 2. The van der Waals surface area contributed by atoms with Crippen molar-refractivity contribution in [3.63, 3.8) is 0 Å². The van der Waals surface area contributed by atoms with Gasteiger partial charge in [-0.2, -0.15) is 0 Å². The number of carbonyl (C=O) groups excluding carboxylic acids is 2. The Bertz CT molecular complexity index is 1270. The topological polar surface area (TPSA) is 61.9 Å². The van der Waals surface area contributed by atoms with Gasteiger partial charge in [0.15, 0.2) is 4.87 Å². The molecule has 0 bridgehead atoms. The second-order valence-corrected chi connectivity index (χ2v) is 10.1. The average Bonchev–Trinajstić information content (AvgIpc) is 3.37. The van der Waals surface area contributed by atoms with E-state index in [1.165, 1.54) is 11.8 Å². The molecule has 2 aliphatic rings. The van der Waals surface area contributed by atoms with Gasteiger partial charge in [0, 0.05) is 28.6 Å². The van der Waals surface area contributed by atoms with E-state index in [0.29, 0.717) is 35.3 Å². The third kappa shape index (κ3) is 3.79. The van der Waals surface area contributed by atoms with Crippen LogP contribution in [-0.2, 0) is 16.2 Å². The number of anilines is 2. The number of halogens is 1. The summed E-state index contributed by atoms with van der Waals surface area (Å²) in [6.07, 6.45) is 0. The molecule has 174 valence electrons. The van der Waals surface area contributed by atoms with Crippen LogP contribution in [0.15, 0.2) is 66.7 Å². The lowest BCUT2D eigenvalue weighted by Crippen LogP contribution is -2.51. The van der Waals surface area contributed by atoms with E-state index in [1.807, 2.05) is 37.3 Å². The molecule has 1 spiro atoms. The molecule has 1 atom stereocenters. The number of benzene rings is 3. The Kier molecular flexibility index (Phi) is 5.91. The molecular weight excluding hydrogens is 470 g/mol. The molecule has 3 aromatic rings. The molecule has 0 unspecified atom stereocenters. The lowest BCUT2D eigenvalue weighted by atomic mass is 10.1. The highest BCUT2D eigenvalue weighted by Crippen LogP contribution is 2.55. The smallest absolute Gasteiger partial charge is 0.323 e. The van der Waals surface area contributed by atoms with Crippen molar-refractivity contribution in [1.29, 1.82) is 0 Å². The monoisotopic (exact) mass is 493 g/mol.